The Morgan fingerprint density at radius 1 is 1.05 bits per heavy atom. The molecule has 1 saturated carbocycles. The van der Waals surface area contributed by atoms with Crippen LogP contribution in [-0.4, -0.2) is 59.7 Å². The smallest absolute Gasteiger partial charge is 0.293 e. The molecule has 62 heavy (non-hydrogen) atoms. The number of halogens is 7. The number of aromatic nitrogens is 8. The molecule has 0 saturated heterocycles. The Morgan fingerprint density at radius 3 is 2.47 bits per heavy atom. The minimum atomic E-state index is -3.91. The Balaban J connectivity index is 1.26. The number of aryl methyl sites for hydroxylation is 1. The quantitative estimate of drug-likeness (QED) is 0.135. The Kier molecular flexibility index (Phi) is 9.50. The summed E-state index contributed by atoms with van der Waals surface area (Å²) in [5, 5.41) is 10.9. The molecule has 0 unspecified atom stereocenters. The van der Waals surface area contributed by atoms with Crippen molar-refractivity contribution in [3.8, 4) is 16.9 Å². The zero-order valence-electron chi connectivity index (χ0n) is 32.5. The predicted molar refractivity (Wildman–Crippen MR) is 214 cm³/mol. The maximum absolute atomic E-state index is 15.7. The average Bonchev–Trinajstić information content (AvgIpc) is 3.49. The lowest BCUT2D eigenvalue weighted by Crippen LogP contribution is -2.38. The van der Waals surface area contributed by atoms with E-state index >= 15 is 8.78 Å². The third kappa shape index (κ3) is 6.82. The number of anilines is 1. The number of fused-ring (bicyclic) bond motifs is 5. The first kappa shape index (κ1) is 41.0. The van der Waals surface area contributed by atoms with Crippen LogP contribution in [0, 0.1) is 17.6 Å². The lowest BCUT2D eigenvalue weighted by atomic mass is 9.99. The molecule has 3 aromatic carbocycles. The molecule has 2 aliphatic carbocycles. The van der Waals surface area contributed by atoms with Crippen LogP contribution in [0.2, 0.25) is 5.02 Å². The van der Waals surface area contributed by atoms with Gasteiger partial charge in [0.2, 0.25) is 15.9 Å². The van der Waals surface area contributed by atoms with Crippen LogP contribution in [0.3, 0.4) is 0 Å². The number of nitrogens with one attached hydrogen (secondary N) is 2. The normalized spacial score (nSPS) is 18.3. The number of benzene rings is 3. The van der Waals surface area contributed by atoms with Gasteiger partial charge in [-0.2, -0.15) is 19.0 Å². The van der Waals surface area contributed by atoms with Gasteiger partial charge >= 0.3 is 0 Å². The second-order valence-corrected chi connectivity index (χ2v) is 17.7. The lowest BCUT2D eigenvalue weighted by molar-refractivity contribution is -0.123. The molecule has 2 aliphatic rings. The lowest BCUT2D eigenvalue weighted by Gasteiger charge is -2.24. The van der Waals surface area contributed by atoms with Crippen LogP contribution in [0.5, 0.6) is 0 Å². The zero-order valence-corrected chi connectivity index (χ0v) is 34.0. The summed E-state index contributed by atoms with van der Waals surface area (Å²) in [4.78, 5) is 42.4. The van der Waals surface area contributed by atoms with Gasteiger partial charge in [0.25, 0.3) is 17.9 Å². The van der Waals surface area contributed by atoms with Gasteiger partial charge in [-0.3, -0.25) is 38.2 Å². The van der Waals surface area contributed by atoms with Crippen LogP contribution >= 0.6 is 11.6 Å². The van der Waals surface area contributed by atoms with Crippen molar-refractivity contribution >= 4 is 55.2 Å². The minimum absolute atomic E-state index is 0.0107. The molecule has 4 heterocycles. The molecule has 320 valence electrons. The van der Waals surface area contributed by atoms with Gasteiger partial charge in [-0.25, -0.2) is 31.0 Å². The Labute approximate surface area is 351 Å². The molecule has 0 spiro atoms. The summed E-state index contributed by atoms with van der Waals surface area (Å²) >= 11 is 6.62. The van der Waals surface area contributed by atoms with E-state index in [1.807, 2.05) is 0 Å². The molecule has 9 rings (SSSR count). The number of alkyl halides is 4. The van der Waals surface area contributed by atoms with Gasteiger partial charge in [0.1, 0.15) is 35.4 Å². The summed E-state index contributed by atoms with van der Waals surface area (Å²) in [6, 6.07) is 8.42. The molecule has 22 heteroatoms. The fourth-order valence-corrected chi connectivity index (χ4v) is 9.33. The standard InChI is InChI=1S/C40H31ClF6N10O4S/c1-39-15-28(39)40(46,47)34-31(39)32(35(44)45)52-56(34)17-29(58)50-25(12-18-10-20(42)14-21(43)11-18)37-51-24-13-19(26-16-48-8-9-49-26)4-5-22(24)38(59)57(37)27-7-6-23(41)30-33(27)55(2)53-36(30)54-62(3,60)61/h4-11,13-14,16,25,28,35H,12,15,17H2,1-3H3,(H,50,58)(H,53,54)/t25-,28+,39+/m0/s1. The number of carbonyl (C=O) groups is 1. The van der Waals surface area contributed by atoms with Crippen molar-refractivity contribution in [2.45, 2.75) is 50.1 Å². The van der Waals surface area contributed by atoms with Gasteiger partial charge in [-0.1, -0.05) is 24.6 Å². The van der Waals surface area contributed by atoms with E-state index in [0.29, 0.717) is 22.0 Å². The minimum Gasteiger partial charge on any atom is -0.344 e. The second-order valence-electron chi connectivity index (χ2n) is 15.5. The van der Waals surface area contributed by atoms with Crippen molar-refractivity contribution in [2.75, 3.05) is 11.0 Å². The van der Waals surface area contributed by atoms with Crippen molar-refractivity contribution < 1.29 is 39.6 Å². The summed E-state index contributed by atoms with van der Waals surface area (Å²) in [7, 11) is -2.46. The van der Waals surface area contributed by atoms with Crippen LogP contribution in [0.15, 0.2) is 71.9 Å². The highest BCUT2D eigenvalue weighted by Gasteiger charge is 2.74. The Morgan fingerprint density at radius 2 is 1.79 bits per heavy atom. The summed E-state index contributed by atoms with van der Waals surface area (Å²) in [5.74, 6) is -8.32. The van der Waals surface area contributed by atoms with E-state index in [1.54, 1.807) is 6.07 Å². The van der Waals surface area contributed by atoms with Crippen LogP contribution in [0.25, 0.3) is 38.8 Å². The highest BCUT2D eigenvalue weighted by molar-refractivity contribution is 7.92. The molecule has 0 bridgehead atoms. The van der Waals surface area contributed by atoms with Crippen LogP contribution < -0.4 is 15.6 Å². The third-order valence-corrected chi connectivity index (χ3v) is 12.1. The fourth-order valence-electron chi connectivity index (χ4n) is 8.59. The number of sulfonamides is 1. The summed E-state index contributed by atoms with van der Waals surface area (Å²) in [6.07, 6.45) is 1.54. The van der Waals surface area contributed by atoms with E-state index in [4.69, 9.17) is 16.6 Å². The van der Waals surface area contributed by atoms with Crippen molar-refractivity contribution in [3.05, 3.63) is 122 Å². The Hall–Kier alpha value is -6.35. The van der Waals surface area contributed by atoms with Gasteiger partial charge in [0.05, 0.1) is 56.7 Å². The van der Waals surface area contributed by atoms with Crippen LogP contribution in [-0.2, 0) is 46.2 Å². The topological polar surface area (TPSA) is 172 Å². The van der Waals surface area contributed by atoms with Crippen molar-refractivity contribution in [3.63, 3.8) is 0 Å². The first-order valence-electron chi connectivity index (χ1n) is 18.7. The van der Waals surface area contributed by atoms with Crippen LogP contribution in [0.4, 0.5) is 32.2 Å². The van der Waals surface area contributed by atoms with Crippen molar-refractivity contribution in [1.29, 1.82) is 0 Å². The number of amides is 1. The SMILES string of the molecule is Cn1nc(NS(C)(=O)=O)c2c(Cl)ccc(-n3c([C@H](Cc4cc(F)cc(F)c4)NC(=O)Cn4nc(C(F)F)c5c4C(F)(F)[C@@H]4C[C@@]54C)nc4cc(-c5cnccn5)ccc4c3=O)c21. The fraction of sp³-hybridized carbons (Fsp3) is 0.275. The monoisotopic (exact) mass is 896 g/mol. The van der Waals surface area contributed by atoms with Gasteiger partial charge in [-0.05, 0) is 48.4 Å². The molecule has 7 aromatic rings. The number of carbonyl (C=O) groups excluding carboxylic acids is 1. The molecule has 3 atom stereocenters. The van der Waals surface area contributed by atoms with Gasteiger partial charge < -0.3 is 5.32 Å². The highest BCUT2D eigenvalue weighted by Crippen LogP contribution is 2.71. The molecule has 1 amide bonds. The summed E-state index contributed by atoms with van der Waals surface area (Å²) < 4.78 is 119. The maximum atomic E-state index is 15.7. The largest absolute Gasteiger partial charge is 0.344 e. The molecule has 0 aliphatic heterocycles. The molecule has 1 fully saturated rings. The van der Waals surface area contributed by atoms with Crippen LogP contribution in [0.1, 0.15) is 54.2 Å². The van der Waals surface area contributed by atoms with E-state index in [-0.39, 0.29) is 61.7 Å². The number of hydrogen-bond acceptors (Lipinski definition) is 9. The number of hydrogen-bond donors (Lipinski definition) is 2. The molecular formula is C40H31ClF6N10O4S. The molecular weight excluding hydrogens is 866 g/mol. The molecule has 2 N–H and O–H groups in total. The van der Waals surface area contributed by atoms with E-state index in [0.717, 1.165) is 23.0 Å². The molecule has 4 aromatic heterocycles. The zero-order chi connectivity index (χ0) is 44.2. The first-order valence-corrected chi connectivity index (χ1v) is 21.0. The van der Waals surface area contributed by atoms with Gasteiger partial charge in [0, 0.05) is 54.4 Å². The van der Waals surface area contributed by atoms with Gasteiger partial charge in [-0.15, -0.1) is 0 Å². The number of nitrogens with zero attached hydrogens (tertiary/aromatic N) is 8. The van der Waals surface area contributed by atoms with E-state index in [2.05, 4.69) is 30.2 Å². The summed E-state index contributed by atoms with van der Waals surface area (Å²) in [5.41, 5.74) is -2.97. The van der Waals surface area contributed by atoms with E-state index < -0.39 is 87.2 Å². The maximum Gasteiger partial charge on any atom is 0.293 e. The van der Waals surface area contributed by atoms with Gasteiger partial charge in [0.15, 0.2) is 5.82 Å². The first-order chi connectivity index (χ1) is 29.2. The molecule has 0 radical (unpaired) electrons. The predicted octanol–water partition coefficient (Wildman–Crippen LogP) is 6.65. The Bertz CT molecular complexity index is 3180. The second kappa shape index (κ2) is 14.4. The third-order valence-electron chi connectivity index (χ3n) is 11.2. The van der Waals surface area contributed by atoms with Crippen molar-refractivity contribution in [1.82, 2.24) is 44.4 Å². The highest BCUT2D eigenvalue weighted by atomic mass is 35.5. The molecule has 14 nitrogen and oxygen atoms in total. The van der Waals surface area contributed by atoms with E-state index in [1.165, 1.54) is 61.5 Å². The number of rotatable bonds is 11. The van der Waals surface area contributed by atoms with E-state index in [9.17, 15) is 35.6 Å². The van der Waals surface area contributed by atoms with Crippen molar-refractivity contribution in [2.24, 2.45) is 13.0 Å². The average molecular weight is 897 g/mol. The summed E-state index contributed by atoms with van der Waals surface area (Å²) in [6.45, 7) is 0.448.